The first-order valence-corrected chi connectivity index (χ1v) is 7.53. The van der Waals surface area contributed by atoms with Crippen LogP contribution in [0.3, 0.4) is 0 Å². The molecule has 3 atom stereocenters. The van der Waals surface area contributed by atoms with E-state index >= 15 is 0 Å². The number of piperidine rings is 1. The van der Waals surface area contributed by atoms with Gasteiger partial charge in [0.15, 0.2) is 0 Å². The Labute approximate surface area is 112 Å². The maximum atomic E-state index is 3.76. The second-order valence-corrected chi connectivity index (χ2v) is 5.99. The fourth-order valence-electron chi connectivity index (χ4n) is 3.50. The van der Waals surface area contributed by atoms with Crippen molar-refractivity contribution in [1.29, 1.82) is 0 Å². The van der Waals surface area contributed by atoms with Crippen LogP contribution in [0.15, 0.2) is 12.7 Å². The minimum absolute atomic E-state index is 0.629. The highest BCUT2D eigenvalue weighted by atomic mass is 15.3. The summed E-state index contributed by atoms with van der Waals surface area (Å²) in [5, 5.41) is 3.45. The van der Waals surface area contributed by atoms with Crippen LogP contribution in [0.4, 0.5) is 0 Å². The van der Waals surface area contributed by atoms with Crippen molar-refractivity contribution < 1.29 is 0 Å². The Balaban J connectivity index is 1.85. The van der Waals surface area contributed by atoms with E-state index in [1.54, 1.807) is 0 Å². The van der Waals surface area contributed by atoms with Gasteiger partial charge >= 0.3 is 0 Å². The van der Waals surface area contributed by atoms with Gasteiger partial charge in [-0.3, -0.25) is 9.80 Å². The normalized spacial score (nSPS) is 31.9. The van der Waals surface area contributed by atoms with E-state index in [1.807, 2.05) is 6.08 Å². The van der Waals surface area contributed by atoms with Crippen LogP contribution < -0.4 is 5.32 Å². The lowest BCUT2D eigenvalue weighted by Crippen LogP contribution is -2.61. The molecule has 0 spiro atoms. The Bertz CT molecular complexity index is 266. The molecule has 2 aliphatic rings. The van der Waals surface area contributed by atoms with E-state index in [2.05, 4.69) is 35.5 Å². The average Bonchev–Trinajstić information content (AvgIpc) is 2.38. The second kappa shape index (κ2) is 6.69. The number of rotatable bonds is 5. The van der Waals surface area contributed by atoms with Gasteiger partial charge in [0.05, 0.1) is 0 Å². The van der Waals surface area contributed by atoms with Gasteiger partial charge in [-0.2, -0.15) is 0 Å². The topological polar surface area (TPSA) is 18.5 Å². The van der Waals surface area contributed by atoms with E-state index in [-0.39, 0.29) is 0 Å². The highest BCUT2D eigenvalue weighted by Crippen LogP contribution is 2.25. The van der Waals surface area contributed by atoms with Gasteiger partial charge in [0.2, 0.25) is 0 Å². The summed E-state index contributed by atoms with van der Waals surface area (Å²) in [5.41, 5.74) is 0. The molecule has 0 aromatic heterocycles. The van der Waals surface area contributed by atoms with Crippen molar-refractivity contribution >= 4 is 0 Å². The number of hydrogen-bond acceptors (Lipinski definition) is 3. The van der Waals surface area contributed by atoms with E-state index in [0.717, 1.165) is 19.1 Å². The monoisotopic (exact) mass is 251 g/mol. The fraction of sp³-hybridized carbons (Fsp3) is 0.867. The first-order valence-electron chi connectivity index (χ1n) is 7.53. The maximum Gasteiger partial charge on any atom is 0.0224 e. The molecule has 3 unspecified atom stereocenters. The first kappa shape index (κ1) is 14.0. The van der Waals surface area contributed by atoms with E-state index in [9.17, 15) is 0 Å². The van der Waals surface area contributed by atoms with Crippen molar-refractivity contribution in [1.82, 2.24) is 15.1 Å². The summed E-state index contributed by atoms with van der Waals surface area (Å²) in [6.45, 7) is 14.3. The molecule has 18 heavy (non-hydrogen) atoms. The Morgan fingerprint density at radius 3 is 3.00 bits per heavy atom. The fourth-order valence-corrected chi connectivity index (χ4v) is 3.50. The van der Waals surface area contributed by atoms with Crippen molar-refractivity contribution in [3.8, 4) is 0 Å². The molecule has 0 bridgehead atoms. The van der Waals surface area contributed by atoms with Gasteiger partial charge in [0.25, 0.3) is 0 Å². The molecule has 0 saturated carbocycles. The standard InChI is InChI=1S/C15H29N3/c1-4-8-16-10-13(2)18-12-15-7-5-6-9-17(15)11-14(18)3/h4,13-16H,1,5-12H2,2-3H3. The lowest BCUT2D eigenvalue weighted by atomic mass is 9.96. The molecule has 1 N–H and O–H groups in total. The summed E-state index contributed by atoms with van der Waals surface area (Å²) in [4.78, 5) is 5.41. The summed E-state index contributed by atoms with van der Waals surface area (Å²) in [5.74, 6) is 0. The molecule has 2 rings (SSSR count). The number of nitrogens with zero attached hydrogens (tertiary/aromatic N) is 2. The molecule has 104 valence electrons. The molecule has 0 amide bonds. The molecule has 0 aliphatic carbocycles. The lowest BCUT2D eigenvalue weighted by molar-refractivity contribution is -0.00355. The summed E-state index contributed by atoms with van der Waals surface area (Å²) in [7, 11) is 0. The molecule has 2 saturated heterocycles. The summed E-state index contributed by atoms with van der Waals surface area (Å²) < 4.78 is 0. The zero-order valence-corrected chi connectivity index (χ0v) is 12.1. The molecule has 0 radical (unpaired) electrons. The van der Waals surface area contributed by atoms with Crippen LogP contribution in [0, 0.1) is 0 Å². The Morgan fingerprint density at radius 2 is 2.22 bits per heavy atom. The van der Waals surface area contributed by atoms with Gasteiger partial charge in [0, 0.05) is 44.3 Å². The van der Waals surface area contributed by atoms with Crippen molar-refractivity contribution in [3.63, 3.8) is 0 Å². The van der Waals surface area contributed by atoms with Crippen LogP contribution in [-0.4, -0.2) is 60.6 Å². The SMILES string of the molecule is C=CCNCC(C)N1CC2CCCCN2CC1C. The zero-order chi connectivity index (χ0) is 13.0. The van der Waals surface area contributed by atoms with Crippen LogP contribution in [0.25, 0.3) is 0 Å². The van der Waals surface area contributed by atoms with Crippen LogP contribution in [0.2, 0.25) is 0 Å². The third-order valence-corrected chi connectivity index (χ3v) is 4.53. The van der Waals surface area contributed by atoms with E-state index < -0.39 is 0 Å². The zero-order valence-electron chi connectivity index (χ0n) is 12.1. The van der Waals surface area contributed by atoms with Crippen molar-refractivity contribution in [2.75, 3.05) is 32.7 Å². The molecule has 3 nitrogen and oxygen atoms in total. The highest BCUT2D eigenvalue weighted by molar-refractivity contribution is 4.91. The van der Waals surface area contributed by atoms with Gasteiger partial charge < -0.3 is 5.32 Å². The van der Waals surface area contributed by atoms with Crippen molar-refractivity contribution in [3.05, 3.63) is 12.7 Å². The predicted octanol–water partition coefficient (Wildman–Crippen LogP) is 1.71. The first-order chi connectivity index (χ1) is 8.72. The van der Waals surface area contributed by atoms with Crippen molar-refractivity contribution in [2.45, 2.75) is 51.2 Å². The summed E-state index contributed by atoms with van der Waals surface area (Å²) in [6.07, 6.45) is 6.16. The molecule has 0 aromatic rings. The number of fused-ring (bicyclic) bond motifs is 1. The van der Waals surface area contributed by atoms with Crippen LogP contribution in [0.5, 0.6) is 0 Å². The van der Waals surface area contributed by atoms with E-state index in [4.69, 9.17) is 0 Å². The van der Waals surface area contributed by atoms with Crippen LogP contribution in [-0.2, 0) is 0 Å². The van der Waals surface area contributed by atoms with Crippen molar-refractivity contribution in [2.24, 2.45) is 0 Å². The average molecular weight is 251 g/mol. The minimum atomic E-state index is 0.629. The predicted molar refractivity (Wildman–Crippen MR) is 77.9 cm³/mol. The molecule has 2 heterocycles. The van der Waals surface area contributed by atoms with Gasteiger partial charge in [-0.1, -0.05) is 12.5 Å². The van der Waals surface area contributed by atoms with Gasteiger partial charge in [-0.05, 0) is 33.2 Å². The van der Waals surface area contributed by atoms with E-state index in [1.165, 1.54) is 38.9 Å². The maximum absolute atomic E-state index is 3.76. The lowest BCUT2D eigenvalue weighted by Gasteiger charge is -2.49. The third kappa shape index (κ3) is 3.34. The summed E-state index contributed by atoms with van der Waals surface area (Å²) in [6, 6.07) is 2.14. The van der Waals surface area contributed by atoms with Gasteiger partial charge in [0.1, 0.15) is 0 Å². The number of nitrogens with one attached hydrogen (secondary N) is 1. The smallest absolute Gasteiger partial charge is 0.0224 e. The highest BCUT2D eigenvalue weighted by Gasteiger charge is 2.34. The molecular weight excluding hydrogens is 222 g/mol. The minimum Gasteiger partial charge on any atom is -0.312 e. The van der Waals surface area contributed by atoms with Crippen LogP contribution in [0.1, 0.15) is 33.1 Å². The molecule has 3 heteroatoms. The largest absolute Gasteiger partial charge is 0.312 e. The Morgan fingerprint density at radius 1 is 1.39 bits per heavy atom. The Kier molecular flexibility index (Phi) is 5.22. The quantitative estimate of drug-likeness (QED) is 0.593. The van der Waals surface area contributed by atoms with Gasteiger partial charge in [-0.25, -0.2) is 0 Å². The molecular formula is C15H29N3. The second-order valence-electron chi connectivity index (χ2n) is 5.99. The molecule has 0 aromatic carbocycles. The van der Waals surface area contributed by atoms with Gasteiger partial charge in [-0.15, -0.1) is 6.58 Å². The molecule has 2 aliphatic heterocycles. The number of hydrogen-bond donors (Lipinski definition) is 1. The van der Waals surface area contributed by atoms with E-state index in [0.29, 0.717) is 12.1 Å². The third-order valence-electron chi connectivity index (χ3n) is 4.53. The Hall–Kier alpha value is -0.380. The number of piperazine rings is 1. The van der Waals surface area contributed by atoms with Crippen LogP contribution >= 0.6 is 0 Å². The summed E-state index contributed by atoms with van der Waals surface area (Å²) >= 11 is 0. The molecule has 2 fully saturated rings.